The maximum Gasteiger partial charge on any atom is 0.237 e. The summed E-state index contributed by atoms with van der Waals surface area (Å²) in [6, 6.07) is 5.89. The number of ether oxygens (including phenoxy) is 2. The standard InChI is InChI=1S/C19H26N2O4/c22-14-9-15(20-10-14)18(23)21-11-19(6-2-1-3-7-19)13-4-5-16-17(8-13)25-12-24-16/h4-5,8,14-15,20,22H,1-3,6-7,9-12H2,(H,21,23)/t14-,15-/m0/s1. The van der Waals surface area contributed by atoms with E-state index >= 15 is 0 Å². The molecule has 6 nitrogen and oxygen atoms in total. The molecule has 0 spiro atoms. The molecule has 1 saturated heterocycles. The van der Waals surface area contributed by atoms with Gasteiger partial charge in [-0.05, 0) is 37.0 Å². The van der Waals surface area contributed by atoms with E-state index in [1.165, 1.54) is 24.8 Å². The maximum absolute atomic E-state index is 12.5. The van der Waals surface area contributed by atoms with Crippen LogP contribution in [-0.2, 0) is 10.2 Å². The lowest BCUT2D eigenvalue weighted by Gasteiger charge is -2.38. The summed E-state index contributed by atoms with van der Waals surface area (Å²) in [5, 5.41) is 15.8. The molecule has 2 atom stereocenters. The van der Waals surface area contributed by atoms with E-state index in [4.69, 9.17) is 9.47 Å². The van der Waals surface area contributed by atoms with Crippen molar-refractivity contribution in [3.63, 3.8) is 0 Å². The normalized spacial score (nSPS) is 27.2. The smallest absolute Gasteiger partial charge is 0.237 e. The van der Waals surface area contributed by atoms with Crippen LogP contribution in [-0.4, -0.2) is 43.0 Å². The molecule has 1 saturated carbocycles. The summed E-state index contributed by atoms with van der Waals surface area (Å²) < 4.78 is 11.0. The predicted octanol–water partition coefficient (Wildman–Crippen LogP) is 1.46. The van der Waals surface area contributed by atoms with Crippen molar-refractivity contribution in [3.8, 4) is 11.5 Å². The summed E-state index contributed by atoms with van der Waals surface area (Å²) in [5.41, 5.74) is 1.17. The maximum atomic E-state index is 12.5. The first kappa shape index (κ1) is 16.7. The van der Waals surface area contributed by atoms with Crippen LogP contribution in [0.15, 0.2) is 18.2 Å². The Kier molecular flexibility index (Phi) is 4.56. The molecule has 0 unspecified atom stereocenters. The third-order valence-electron chi connectivity index (χ3n) is 5.82. The molecule has 0 bridgehead atoms. The van der Waals surface area contributed by atoms with Gasteiger partial charge in [0, 0.05) is 18.5 Å². The van der Waals surface area contributed by atoms with Crippen LogP contribution in [0.2, 0.25) is 0 Å². The first-order valence-electron chi connectivity index (χ1n) is 9.26. The SMILES string of the molecule is O=C(NCC1(c2ccc3c(c2)OCO3)CCCCC1)[C@@H]1C[C@H](O)CN1. The Morgan fingerprint density at radius 3 is 2.80 bits per heavy atom. The lowest BCUT2D eigenvalue weighted by atomic mass is 9.69. The highest BCUT2D eigenvalue weighted by Crippen LogP contribution is 2.43. The van der Waals surface area contributed by atoms with E-state index in [1.54, 1.807) is 0 Å². The van der Waals surface area contributed by atoms with Crippen molar-refractivity contribution in [3.05, 3.63) is 23.8 Å². The number of carbonyl (C=O) groups is 1. The number of aliphatic hydroxyl groups is 1. The van der Waals surface area contributed by atoms with Crippen LogP contribution in [0, 0.1) is 0 Å². The van der Waals surface area contributed by atoms with Gasteiger partial charge in [-0.25, -0.2) is 0 Å². The molecule has 1 amide bonds. The summed E-state index contributed by atoms with van der Waals surface area (Å²) in [6.07, 6.45) is 5.78. The lowest BCUT2D eigenvalue weighted by Crippen LogP contribution is -2.47. The fourth-order valence-corrected chi connectivity index (χ4v) is 4.32. The Balaban J connectivity index is 1.50. The minimum absolute atomic E-state index is 0.0118. The van der Waals surface area contributed by atoms with Crippen LogP contribution in [0.25, 0.3) is 0 Å². The van der Waals surface area contributed by atoms with Crippen molar-refractivity contribution in [2.45, 2.75) is 56.1 Å². The summed E-state index contributed by atoms with van der Waals surface area (Å²) in [6.45, 7) is 1.39. The minimum Gasteiger partial charge on any atom is -0.454 e. The number of hydrogen-bond donors (Lipinski definition) is 3. The molecule has 2 aliphatic heterocycles. The number of hydrogen-bond acceptors (Lipinski definition) is 5. The van der Waals surface area contributed by atoms with Gasteiger partial charge in [0.05, 0.1) is 12.1 Å². The number of benzene rings is 1. The average Bonchev–Trinajstić information content (AvgIpc) is 3.28. The van der Waals surface area contributed by atoms with E-state index < -0.39 is 6.10 Å². The first-order valence-corrected chi connectivity index (χ1v) is 9.26. The number of amides is 1. The highest BCUT2D eigenvalue weighted by Gasteiger charge is 2.36. The Hall–Kier alpha value is -1.79. The van der Waals surface area contributed by atoms with Gasteiger partial charge in [0.25, 0.3) is 0 Å². The van der Waals surface area contributed by atoms with E-state index in [1.807, 2.05) is 6.07 Å². The third kappa shape index (κ3) is 3.33. The quantitative estimate of drug-likeness (QED) is 0.769. The molecular formula is C19H26N2O4. The van der Waals surface area contributed by atoms with Crippen molar-refractivity contribution in [2.75, 3.05) is 19.9 Å². The number of β-amino-alcohol motifs (C(OH)–C–C–N with tert-alkyl or cyclic N) is 1. The van der Waals surface area contributed by atoms with E-state index in [9.17, 15) is 9.90 Å². The highest BCUT2D eigenvalue weighted by atomic mass is 16.7. The molecular weight excluding hydrogens is 320 g/mol. The fraction of sp³-hybridized carbons (Fsp3) is 0.632. The van der Waals surface area contributed by atoms with Crippen LogP contribution >= 0.6 is 0 Å². The molecule has 1 aliphatic carbocycles. The largest absolute Gasteiger partial charge is 0.454 e. The molecule has 4 rings (SSSR count). The number of aliphatic hydroxyl groups excluding tert-OH is 1. The van der Waals surface area contributed by atoms with Crippen molar-refractivity contribution >= 4 is 5.91 Å². The molecule has 136 valence electrons. The second kappa shape index (κ2) is 6.84. The average molecular weight is 346 g/mol. The van der Waals surface area contributed by atoms with Gasteiger partial charge in [-0.2, -0.15) is 0 Å². The van der Waals surface area contributed by atoms with Crippen LogP contribution in [0.1, 0.15) is 44.1 Å². The Labute approximate surface area is 147 Å². The lowest BCUT2D eigenvalue weighted by molar-refractivity contribution is -0.123. The Morgan fingerprint density at radius 1 is 1.24 bits per heavy atom. The van der Waals surface area contributed by atoms with Gasteiger partial charge >= 0.3 is 0 Å². The zero-order chi connectivity index (χ0) is 17.3. The van der Waals surface area contributed by atoms with Gasteiger partial charge < -0.3 is 25.2 Å². The topological polar surface area (TPSA) is 79.8 Å². The van der Waals surface area contributed by atoms with Crippen molar-refractivity contribution in [1.29, 1.82) is 0 Å². The first-order chi connectivity index (χ1) is 12.2. The van der Waals surface area contributed by atoms with Gasteiger partial charge in [-0.15, -0.1) is 0 Å². The molecule has 0 radical (unpaired) electrons. The van der Waals surface area contributed by atoms with Crippen LogP contribution in [0.4, 0.5) is 0 Å². The van der Waals surface area contributed by atoms with E-state index in [-0.39, 0.29) is 24.2 Å². The van der Waals surface area contributed by atoms with E-state index in [0.717, 1.165) is 24.3 Å². The number of rotatable bonds is 4. The number of fused-ring (bicyclic) bond motifs is 1. The van der Waals surface area contributed by atoms with E-state index in [2.05, 4.69) is 22.8 Å². The Morgan fingerprint density at radius 2 is 2.04 bits per heavy atom. The molecule has 0 aromatic heterocycles. The van der Waals surface area contributed by atoms with Crippen molar-refractivity contribution in [2.24, 2.45) is 0 Å². The summed E-state index contributed by atoms with van der Waals surface area (Å²) in [4.78, 5) is 12.5. The number of carbonyl (C=O) groups excluding carboxylic acids is 1. The summed E-state index contributed by atoms with van der Waals surface area (Å²) >= 11 is 0. The van der Waals surface area contributed by atoms with Gasteiger partial charge in [-0.1, -0.05) is 25.3 Å². The third-order valence-corrected chi connectivity index (χ3v) is 5.82. The molecule has 3 aliphatic rings. The summed E-state index contributed by atoms with van der Waals surface area (Å²) in [5.74, 6) is 1.58. The van der Waals surface area contributed by atoms with Crippen molar-refractivity contribution < 1.29 is 19.4 Å². The second-order valence-electron chi connectivity index (χ2n) is 7.48. The molecule has 2 fully saturated rings. The van der Waals surface area contributed by atoms with E-state index in [0.29, 0.717) is 19.5 Å². The minimum atomic E-state index is -0.423. The van der Waals surface area contributed by atoms with Gasteiger partial charge in [-0.3, -0.25) is 4.79 Å². The van der Waals surface area contributed by atoms with Gasteiger partial charge in [0.1, 0.15) is 0 Å². The van der Waals surface area contributed by atoms with Crippen LogP contribution < -0.4 is 20.1 Å². The molecule has 3 N–H and O–H groups in total. The second-order valence-corrected chi connectivity index (χ2v) is 7.48. The summed E-state index contributed by atoms with van der Waals surface area (Å²) in [7, 11) is 0. The molecule has 6 heteroatoms. The van der Waals surface area contributed by atoms with Crippen molar-refractivity contribution in [1.82, 2.24) is 10.6 Å². The van der Waals surface area contributed by atoms with Gasteiger partial charge in [0.2, 0.25) is 12.7 Å². The number of nitrogens with one attached hydrogen (secondary N) is 2. The van der Waals surface area contributed by atoms with Gasteiger partial charge in [0.15, 0.2) is 11.5 Å². The zero-order valence-corrected chi connectivity index (χ0v) is 14.4. The predicted molar refractivity (Wildman–Crippen MR) is 92.8 cm³/mol. The molecule has 1 aromatic carbocycles. The molecule has 1 aromatic rings. The van der Waals surface area contributed by atoms with Crippen LogP contribution in [0.5, 0.6) is 11.5 Å². The molecule has 2 heterocycles. The Bertz CT molecular complexity index is 642. The fourth-order valence-electron chi connectivity index (χ4n) is 4.32. The van der Waals surface area contributed by atoms with Crippen LogP contribution in [0.3, 0.4) is 0 Å². The monoisotopic (exact) mass is 346 g/mol. The molecule has 25 heavy (non-hydrogen) atoms. The highest BCUT2D eigenvalue weighted by molar-refractivity contribution is 5.82. The zero-order valence-electron chi connectivity index (χ0n) is 14.4.